The molecule has 0 amide bonds. The van der Waals surface area contributed by atoms with Crippen LogP contribution in [0.15, 0.2) is 0 Å². The molecular formula is C14H28N2O. The number of β-amino-alcohol motifs (C(OH)–C–C–N with tert-alkyl or cyclic N) is 1. The number of aliphatic hydroxyl groups is 1. The summed E-state index contributed by atoms with van der Waals surface area (Å²) in [7, 11) is 2.19. The molecule has 0 aromatic heterocycles. The zero-order valence-corrected chi connectivity index (χ0v) is 11.4. The van der Waals surface area contributed by atoms with E-state index in [0.29, 0.717) is 6.04 Å². The molecule has 1 N–H and O–H groups in total. The maximum Gasteiger partial charge on any atom is 0.0669 e. The summed E-state index contributed by atoms with van der Waals surface area (Å²) in [6.07, 6.45) is 6.37. The summed E-state index contributed by atoms with van der Waals surface area (Å²) in [5.41, 5.74) is 0. The molecule has 0 aromatic rings. The summed E-state index contributed by atoms with van der Waals surface area (Å²) in [6.45, 7) is 6.52. The van der Waals surface area contributed by atoms with E-state index in [2.05, 4.69) is 23.8 Å². The fourth-order valence-corrected chi connectivity index (χ4v) is 3.29. The molecule has 0 aromatic carbocycles. The normalized spacial score (nSPS) is 30.9. The molecule has 3 nitrogen and oxygen atoms in total. The summed E-state index contributed by atoms with van der Waals surface area (Å²) in [5.74, 6) is 0.801. The van der Waals surface area contributed by atoms with E-state index in [9.17, 15) is 5.11 Å². The maximum atomic E-state index is 10.2. The van der Waals surface area contributed by atoms with Crippen LogP contribution >= 0.6 is 0 Å². The van der Waals surface area contributed by atoms with Crippen LogP contribution in [-0.4, -0.2) is 60.3 Å². The van der Waals surface area contributed by atoms with Gasteiger partial charge in [-0.1, -0.05) is 25.7 Å². The summed E-state index contributed by atoms with van der Waals surface area (Å²) >= 11 is 0. The quantitative estimate of drug-likeness (QED) is 0.808. The first-order chi connectivity index (χ1) is 8.15. The van der Waals surface area contributed by atoms with Gasteiger partial charge in [-0.05, 0) is 26.3 Å². The highest BCUT2D eigenvalue weighted by Gasteiger charge is 2.24. The Morgan fingerprint density at radius 3 is 2.59 bits per heavy atom. The van der Waals surface area contributed by atoms with Crippen molar-refractivity contribution in [3.05, 3.63) is 0 Å². The molecule has 2 rings (SSSR count). The fraction of sp³-hybridized carbons (Fsp3) is 1.00. The second-order valence-corrected chi connectivity index (χ2v) is 6.13. The zero-order valence-electron chi connectivity index (χ0n) is 11.4. The van der Waals surface area contributed by atoms with Crippen molar-refractivity contribution in [1.82, 2.24) is 9.80 Å². The second-order valence-electron chi connectivity index (χ2n) is 6.13. The van der Waals surface area contributed by atoms with E-state index in [0.717, 1.165) is 38.5 Å². The molecule has 1 heterocycles. The lowest BCUT2D eigenvalue weighted by Crippen LogP contribution is -2.51. The van der Waals surface area contributed by atoms with Gasteiger partial charge < -0.3 is 10.0 Å². The first-order valence-electron chi connectivity index (χ1n) is 7.26. The molecule has 0 radical (unpaired) electrons. The van der Waals surface area contributed by atoms with E-state index in [1.807, 2.05) is 0 Å². The summed E-state index contributed by atoms with van der Waals surface area (Å²) < 4.78 is 0. The number of hydrogen-bond donors (Lipinski definition) is 1. The van der Waals surface area contributed by atoms with Gasteiger partial charge in [-0.2, -0.15) is 0 Å². The maximum absolute atomic E-state index is 10.2. The van der Waals surface area contributed by atoms with E-state index in [1.54, 1.807) is 0 Å². The minimum Gasteiger partial charge on any atom is -0.392 e. The van der Waals surface area contributed by atoms with Crippen LogP contribution in [0.25, 0.3) is 0 Å². The standard InChI is InChI=1S/C14H28N2O/c1-12-10-16(8-7-15(12)2)11-14(17)9-13-5-3-4-6-13/h12-14,17H,3-11H2,1-2H3. The first-order valence-corrected chi connectivity index (χ1v) is 7.26. The average Bonchev–Trinajstić information content (AvgIpc) is 2.76. The van der Waals surface area contributed by atoms with E-state index >= 15 is 0 Å². The minimum atomic E-state index is -0.103. The molecule has 2 atom stereocenters. The SMILES string of the molecule is CC1CN(CC(O)CC2CCCC2)CCN1C. The lowest BCUT2D eigenvalue weighted by atomic mass is 9.99. The number of rotatable bonds is 4. The van der Waals surface area contributed by atoms with E-state index in [1.165, 1.54) is 25.7 Å². The van der Waals surface area contributed by atoms with Gasteiger partial charge in [0.15, 0.2) is 0 Å². The molecule has 1 saturated heterocycles. The van der Waals surface area contributed by atoms with Crippen molar-refractivity contribution in [2.75, 3.05) is 33.2 Å². The Labute approximate surface area is 106 Å². The Bertz CT molecular complexity index is 228. The molecule has 0 bridgehead atoms. The fourth-order valence-electron chi connectivity index (χ4n) is 3.29. The van der Waals surface area contributed by atoms with Crippen LogP contribution in [0.3, 0.4) is 0 Å². The van der Waals surface area contributed by atoms with Crippen LogP contribution in [-0.2, 0) is 0 Å². The van der Waals surface area contributed by atoms with Gasteiger partial charge in [-0.15, -0.1) is 0 Å². The summed E-state index contributed by atoms with van der Waals surface area (Å²) in [5, 5.41) is 10.2. The molecule has 3 heteroatoms. The van der Waals surface area contributed by atoms with Gasteiger partial charge in [-0.25, -0.2) is 0 Å². The van der Waals surface area contributed by atoms with Crippen molar-refractivity contribution in [3.8, 4) is 0 Å². The monoisotopic (exact) mass is 240 g/mol. The van der Waals surface area contributed by atoms with Crippen LogP contribution in [0, 0.1) is 5.92 Å². The number of likely N-dealkylation sites (N-methyl/N-ethyl adjacent to an activating group) is 1. The van der Waals surface area contributed by atoms with Gasteiger partial charge in [-0.3, -0.25) is 4.90 Å². The van der Waals surface area contributed by atoms with E-state index in [4.69, 9.17) is 0 Å². The Morgan fingerprint density at radius 1 is 1.24 bits per heavy atom. The van der Waals surface area contributed by atoms with E-state index < -0.39 is 0 Å². The Balaban J connectivity index is 1.69. The summed E-state index contributed by atoms with van der Waals surface area (Å²) in [6, 6.07) is 0.627. The van der Waals surface area contributed by atoms with Crippen molar-refractivity contribution in [2.45, 2.75) is 51.2 Å². The van der Waals surface area contributed by atoms with Crippen molar-refractivity contribution in [2.24, 2.45) is 5.92 Å². The van der Waals surface area contributed by atoms with Crippen LogP contribution < -0.4 is 0 Å². The minimum absolute atomic E-state index is 0.103. The molecule has 1 aliphatic heterocycles. The Kier molecular flexibility index (Phi) is 4.83. The average molecular weight is 240 g/mol. The number of hydrogen-bond acceptors (Lipinski definition) is 3. The lowest BCUT2D eigenvalue weighted by molar-refractivity contribution is 0.0473. The highest BCUT2D eigenvalue weighted by molar-refractivity contribution is 4.79. The highest BCUT2D eigenvalue weighted by atomic mass is 16.3. The molecule has 17 heavy (non-hydrogen) atoms. The predicted molar refractivity (Wildman–Crippen MR) is 71.1 cm³/mol. The molecule has 2 aliphatic rings. The first kappa shape index (κ1) is 13.3. The van der Waals surface area contributed by atoms with Crippen LogP contribution in [0.1, 0.15) is 39.0 Å². The van der Waals surface area contributed by atoms with Crippen molar-refractivity contribution >= 4 is 0 Å². The third kappa shape index (κ3) is 3.94. The van der Waals surface area contributed by atoms with Gasteiger partial charge in [0.2, 0.25) is 0 Å². The van der Waals surface area contributed by atoms with Crippen molar-refractivity contribution in [1.29, 1.82) is 0 Å². The topological polar surface area (TPSA) is 26.7 Å². The second kappa shape index (κ2) is 6.17. The number of nitrogens with zero attached hydrogens (tertiary/aromatic N) is 2. The molecule has 1 saturated carbocycles. The predicted octanol–water partition coefficient (Wildman–Crippen LogP) is 1.56. The van der Waals surface area contributed by atoms with Gasteiger partial charge >= 0.3 is 0 Å². The number of aliphatic hydroxyl groups excluding tert-OH is 1. The lowest BCUT2D eigenvalue weighted by Gasteiger charge is -2.38. The smallest absolute Gasteiger partial charge is 0.0669 e. The van der Waals surface area contributed by atoms with Crippen LogP contribution in [0.5, 0.6) is 0 Å². The largest absolute Gasteiger partial charge is 0.392 e. The van der Waals surface area contributed by atoms with Gasteiger partial charge in [0.25, 0.3) is 0 Å². The highest BCUT2D eigenvalue weighted by Crippen LogP contribution is 2.28. The third-order valence-electron chi connectivity index (χ3n) is 4.59. The summed E-state index contributed by atoms with van der Waals surface area (Å²) in [4.78, 5) is 4.84. The van der Waals surface area contributed by atoms with Crippen LogP contribution in [0.4, 0.5) is 0 Å². The molecule has 2 unspecified atom stereocenters. The van der Waals surface area contributed by atoms with Gasteiger partial charge in [0, 0.05) is 32.2 Å². The van der Waals surface area contributed by atoms with Crippen molar-refractivity contribution < 1.29 is 5.11 Å². The van der Waals surface area contributed by atoms with Crippen molar-refractivity contribution in [3.63, 3.8) is 0 Å². The third-order valence-corrected chi connectivity index (χ3v) is 4.59. The Morgan fingerprint density at radius 2 is 1.94 bits per heavy atom. The number of piperazine rings is 1. The van der Waals surface area contributed by atoms with E-state index in [-0.39, 0.29) is 6.10 Å². The van der Waals surface area contributed by atoms with Crippen LogP contribution in [0.2, 0.25) is 0 Å². The van der Waals surface area contributed by atoms with Gasteiger partial charge in [0.1, 0.15) is 0 Å². The molecule has 0 spiro atoms. The molecular weight excluding hydrogens is 212 g/mol. The molecule has 1 aliphatic carbocycles. The molecule has 2 fully saturated rings. The zero-order chi connectivity index (χ0) is 12.3. The Hall–Kier alpha value is -0.120. The molecule has 100 valence electrons. The van der Waals surface area contributed by atoms with Gasteiger partial charge in [0.05, 0.1) is 6.10 Å².